The van der Waals surface area contributed by atoms with Crippen LogP contribution in [-0.4, -0.2) is 48.5 Å². The molecule has 166 valence electrons. The minimum Gasteiger partial charge on any atom is -0.454 e. The van der Waals surface area contributed by atoms with Gasteiger partial charge in [-0.3, -0.25) is 14.5 Å². The van der Waals surface area contributed by atoms with Crippen molar-refractivity contribution in [1.29, 1.82) is 0 Å². The molecule has 32 heavy (non-hydrogen) atoms. The summed E-state index contributed by atoms with van der Waals surface area (Å²) in [6.07, 6.45) is 1.75. The monoisotopic (exact) mass is 436 g/mol. The van der Waals surface area contributed by atoms with E-state index in [2.05, 4.69) is 4.90 Å². The quantitative estimate of drug-likeness (QED) is 0.569. The highest BCUT2D eigenvalue weighted by Crippen LogP contribution is 2.34. The zero-order valence-corrected chi connectivity index (χ0v) is 17.8. The SMILES string of the molecule is CCC(=O)Oc1cn(-c2ccc3c(c2)OCO3)c2ccc(CN3CCOCC3)cc2c1=O. The van der Waals surface area contributed by atoms with Crippen LogP contribution >= 0.6 is 0 Å². The van der Waals surface area contributed by atoms with Crippen molar-refractivity contribution in [1.82, 2.24) is 9.47 Å². The Bertz CT molecular complexity index is 1230. The number of esters is 1. The number of fused-ring (bicyclic) bond motifs is 2. The second-order valence-electron chi connectivity index (χ2n) is 7.80. The fraction of sp³-hybridized carbons (Fsp3) is 0.333. The topological polar surface area (TPSA) is 79.2 Å². The Balaban J connectivity index is 1.62. The lowest BCUT2D eigenvalue weighted by molar-refractivity contribution is -0.134. The van der Waals surface area contributed by atoms with E-state index in [-0.39, 0.29) is 24.4 Å². The summed E-state index contributed by atoms with van der Waals surface area (Å²) in [5.74, 6) is 0.851. The van der Waals surface area contributed by atoms with Gasteiger partial charge in [-0.2, -0.15) is 0 Å². The van der Waals surface area contributed by atoms with E-state index in [1.54, 1.807) is 13.1 Å². The number of rotatable bonds is 5. The molecule has 0 spiro atoms. The summed E-state index contributed by atoms with van der Waals surface area (Å²) in [6.45, 7) is 5.72. The van der Waals surface area contributed by atoms with E-state index < -0.39 is 5.97 Å². The van der Waals surface area contributed by atoms with Crippen molar-refractivity contribution < 1.29 is 23.7 Å². The van der Waals surface area contributed by atoms with Crippen molar-refractivity contribution in [2.45, 2.75) is 19.9 Å². The van der Waals surface area contributed by atoms with Gasteiger partial charge in [-0.15, -0.1) is 0 Å². The molecule has 0 bridgehead atoms. The molecule has 0 atom stereocenters. The second-order valence-corrected chi connectivity index (χ2v) is 7.80. The number of benzene rings is 2. The molecule has 0 saturated carbocycles. The van der Waals surface area contributed by atoms with Gasteiger partial charge in [0, 0.05) is 37.8 Å². The number of nitrogens with zero attached hydrogens (tertiary/aromatic N) is 2. The summed E-state index contributed by atoms with van der Waals surface area (Å²) in [6, 6.07) is 11.4. The number of hydrogen-bond acceptors (Lipinski definition) is 7. The first-order valence-corrected chi connectivity index (χ1v) is 10.7. The molecule has 0 radical (unpaired) electrons. The van der Waals surface area contributed by atoms with E-state index in [1.807, 2.05) is 41.0 Å². The molecule has 2 aliphatic rings. The van der Waals surface area contributed by atoms with Crippen LogP contribution in [-0.2, 0) is 16.1 Å². The van der Waals surface area contributed by atoms with Gasteiger partial charge in [-0.05, 0) is 29.8 Å². The molecule has 2 aromatic carbocycles. The van der Waals surface area contributed by atoms with E-state index in [1.165, 1.54) is 0 Å². The number of aromatic nitrogens is 1. The Morgan fingerprint density at radius 2 is 1.88 bits per heavy atom. The smallest absolute Gasteiger partial charge is 0.311 e. The predicted molar refractivity (Wildman–Crippen MR) is 118 cm³/mol. The van der Waals surface area contributed by atoms with Crippen LogP contribution < -0.4 is 19.6 Å². The van der Waals surface area contributed by atoms with Crippen LogP contribution in [0.2, 0.25) is 0 Å². The van der Waals surface area contributed by atoms with Crippen LogP contribution in [0.25, 0.3) is 16.6 Å². The van der Waals surface area contributed by atoms with E-state index in [4.69, 9.17) is 18.9 Å². The Morgan fingerprint density at radius 3 is 2.69 bits per heavy atom. The number of carbonyl (C=O) groups excluding carboxylic acids is 1. The molecule has 5 rings (SSSR count). The molecule has 8 heteroatoms. The van der Waals surface area contributed by atoms with Gasteiger partial charge < -0.3 is 23.5 Å². The molecule has 1 fully saturated rings. The minimum absolute atomic E-state index is 0.00513. The summed E-state index contributed by atoms with van der Waals surface area (Å²) in [4.78, 5) is 27.5. The summed E-state index contributed by atoms with van der Waals surface area (Å²) in [5.41, 5.74) is 2.21. The molecule has 3 aromatic rings. The molecule has 0 amide bonds. The standard InChI is InChI=1S/C24H24N2O6/c1-2-23(27)32-22-14-26(17-4-6-20-21(12-17)31-15-30-20)19-5-3-16(11-18(19)24(22)28)13-25-7-9-29-10-8-25/h3-6,11-12,14H,2,7-10,13,15H2,1H3. The Labute approximate surface area is 184 Å². The Hall–Kier alpha value is -3.36. The van der Waals surface area contributed by atoms with E-state index in [0.717, 1.165) is 36.4 Å². The average molecular weight is 436 g/mol. The first kappa shape index (κ1) is 20.5. The van der Waals surface area contributed by atoms with Gasteiger partial charge in [0.05, 0.1) is 30.3 Å². The third-order valence-corrected chi connectivity index (χ3v) is 5.69. The summed E-state index contributed by atoms with van der Waals surface area (Å²) < 4.78 is 23.6. The molecule has 8 nitrogen and oxygen atoms in total. The van der Waals surface area contributed by atoms with Crippen molar-refractivity contribution in [3.05, 3.63) is 58.4 Å². The fourth-order valence-electron chi connectivity index (χ4n) is 3.99. The molecule has 2 aliphatic heterocycles. The van der Waals surface area contributed by atoms with Crippen LogP contribution in [0.5, 0.6) is 17.2 Å². The molecular formula is C24H24N2O6. The van der Waals surface area contributed by atoms with Crippen molar-refractivity contribution in [2.75, 3.05) is 33.1 Å². The van der Waals surface area contributed by atoms with E-state index in [9.17, 15) is 9.59 Å². The van der Waals surface area contributed by atoms with Crippen molar-refractivity contribution >= 4 is 16.9 Å². The highest BCUT2D eigenvalue weighted by Gasteiger charge is 2.18. The molecule has 1 saturated heterocycles. The van der Waals surface area contributed by atoms with Crippen molar-refractivity contribution in [3.63, 3.8) is 0 Å². The van der Waals surface area contributed by atoms with Gasteiger partial charge in [0.15, 0.2) is 17.2 Å². The zero-order chi connectivity index (χ0) is 22.1. The normalized spacial score (nSPS) is 15.8. The molecule has 0 unspecified atom stereocenters. The second kappa shape index (κ2) is 8.64. The minimum atomic E-state index is -0.455. The van der Waals surface area contributed by atoms with E-state index >= 15 is 0 Å². The molecule has 1 aromatic heterocycles. The highest BCUT2D eigenvalue weighted by atomic mass is 16.7. The lowest BCUT2D eigenvalue weighted by Gasteiger charge is -2.26. The first-order valence-electron chi connectivity index (χ1n) is 10.7. The average Bonchev–Trinajstić information content (AvgIpc) is 3.29. The number of morpholine rings is 1. The van der Waals surface area contributed by atoms with Gasteiger partial charge >= 0.3 is 5.97 Å². The van der Waals surface area contributed by atoms with Crippen molar-refractivity contribution in [2.24, 2.45) is 0 Å². The molecule has 3 heterocycles. The maximum Gasteiger partial charge on any atom is 0.311 e. The zero-order valence-electron chi connectivity index (χ0n) is 17.8. The third kappa shape index (κ3) is 3.94. The maximum atomic E-state index is 13.2. The lowest BCUT2D eigenvalue weighted by Crippen LogP contribution is -2.35. The van der Waals surface area contributed by atoms with Crippen LogP contribution in [0.3, 0.4) is 0 Å². The van der Waals surface area contributed by atoms with E-state index in [0.29, 0.717) is 30.1 Å². The number of pyridine rings is 1. The summed E-state index contributed by atoms with van der Waals surface area (Å²) in [7, 11) is 0. The molecular weight excluding hydrogens is 412 g/mol. The van der Waals surface area contributed by atoms with Crippen molar-refractivity contribution in [3.8, 4) is 22.9 Å². The van der Waals surface area contributed by atoms with Gasteiger partial charge in [0.1, 0.15) is 0 Å². The number of hydrogen-bond donors (Lipinski definition) is 0. The van der Waals surface area contributed by atoms with Gasteiger partial charge in [-0.1, -0.05) is 13.0 Å². The fourth-order valence-corrected chi connectivity index (χ4v) is 3.99. The van der Waals surface area contributed by atoms with Crippen LogP contribution in [0.4, 0.5) is 0 Å². The largest absolute Gasteiger partial charge is 0.454 e. The van der Waals surface area contributed by atoms with Gasteiger partial charge in [0.2, 0.25) is 12.2 Å². The summed E-state index contributed by atoms with van der Waals surface area (Å²) >= 11 is 0. The third-order valence-electron chi connectivity index (χ3n) is 5.69. The highest BCUT2D eigenvalue weighted by molar-refractivity contribution is 5.84. The molecule has 0 aliphatic carbocycles. The van der Waals surface area contributed by atoms with Gasteiger partial charge in [-0.25, -0.2) is 0 Å². The summed E-state index contributed by atoms with van der Waals surface area (Å²) in [5, 5.41) is 0.495. The number of carbonyl (C=O) groups is 1. The Kier molecular flexibility index (Phi) is 5.55. The Morgan fingerprint density at radius 1 is 1.06 bits per heavy atom. The van der Waals surface area contributed by atoms with Crippen LogP contribution in [0.1, 0.15) is 18.9 Å². The first-order chi connectivity index (χ1) is 15.6. The predicted octanol–water partition coefficient (Wildman–Crippen LogP) is 2.87. The van der Waals surface area contributed by atoms with Crippen LogP contribution in [0, 0.1) is 0 Å². The number of ether oxygens (including phenoxy) is 4. The maximum absolute atomic E-state index is 13.2. The van der Waals surface area contributed by atoms with Crippen LogP contribution in [0.15, 0.2) is 47.4 Å². The molecule has 0 N–H and O–H groups in total. The lowest BCUT2D eigenvalue weighted by atomic mass is 10.1. The van der Waals surface area contributed by atoms with Gasteiger partial charge in [0.25, 0.3) is 0 Å².